The quantitative estimate of drug-likeness (QED) is 0.794. The molecule has 2 fully saturated rings. The maximum absolute atomic E-state index is 4.61. The van der Waals surface area contributed by atoms with Gasteiger partial charge in [-0.1, -0.05) is 24.8 Å². The van der Waals surface area contributed by atoms with Crippen molar-refractivity contribution in [1.82, 2.24) is 10.3 Å². The van der Waals surface area contributed by atoms with Crippen LogP contribution in [-0.2, 0) is 0 Å². The number of nitrogens with one attached hydrogen (secondary N) is 2. The van der Waals surface area contributed by atoms with Gasteiger partial charge in [0.2, 0.25) is 0 Å². The lowest BCUT2D eigenvalue weighted by Gasteiger charge is -2.57. The van der Waals surface area contributed by atoms with E-state index in [0.29, 0.717) is 11.2 Å². The number of rotatable bonds is 4. The van der Waals surface area contributed by atoms with Crippen molar-refractivity contribution in [1.29, 1.82) is 0 Å². The summed E-state index contributed by atoms with van der Waals surface area (Å²) in [6.45, 7) is 10.5. The van der Waals surface area contributed by atoms with Crippen molar-refractivity contribution in [2.24, 2.45) is 10.4 Å². The number of aromatic nitrogens is 1. The Labute approximate surface area is 162 Å². The van der Waals surface area contributed by atoms with E-state index in [1.165, 1.54) is 5.69 Å². The second-order valence-electron chi connectivity index (χ2n) is 7.01. The molecule has 1 aromatic rings. The van der Waals surface area contributed by atoms with E-state index in [2.05, 4.69) is 54.1 Å². The molecule has 0 atom stereocenters. The molecule has 6 heteroatoms. The summed E-state index contributed by atoms with van der Waals surface area (Å²) < 4.78 is 0.941. The lowest BCUT2D eigenvalue weighted by atomic mass is 9.74. The number of nitrogens with zero attached hydrogens (tertiary/aromatic N) is 3. The third-order valence-corrected chi connectivity index (χ3v) is 5.65. The highest BCUT2D eigenvalue weighted by Gasteiger charge is 2.47. The minimum atomic E-state index is 0.515. The Balaban J connectivity index is 1.39. The average Bonchev–Trinajstić information content (AvgIpc) is 2.55. The third-order valence-electron chi connectivity index (χ3n) is 5.01. The van der Waals surface area contributed by atoms with Gasteiger partial charge in [-0.15, -0.1) is 0 Å². The highest BCUT2D eigenvalue weighted by Crippen LogP contribution is 2.37. The van der Waals surface area contributed by atoms with Crippen LogP contribution < -0.4 is 15.5 Å². The topological polar surface area (TPSA) is 52.6 Å². The molecule has 2 N–H and O–H groups in total. The van der Waals surface area contributed by atoms with Gasteiger partial charge in [-0.25, -0.2) is 9.98 Å². The van der Waals surface area contributed by atoms with Crippen LogP contribution in [0.5, 0.6) is 0 Å². The first-order chi connectivity index (χ1) is 12.6. The molecular weight excluding hydrogens is 390 g/mol. The summed E-state index contributed by atoms with van der Waals surface area (Å²) in [6, 6.07) is 4.08. The summed E-state index contributed by atoms with van der Waals surface area (Å²) in [6.07, 6.45) is 9.94. The summed E-state index contributed by atoms with van der Waals surface area (Å²) in [5.74, 6) is 1.31. The summed E-state index contributed by atoms with van der Waals surface area (Å²) in [4.78, 5) is 11.5. The molecule has 0 saturated carbocycles. The molecule has 26 heavy (non-hydrogen) atoms. The number of allylic oxidation sites excluding steroid dienone is 6. The Morgan fingerprint density at radius 3 is 2.85 bits per heavy atom. The first kappa shape index (κ1) is 17.2. The van der Waals surface area contributed by atoms with Crippen molar-refractivity contribution in [2.45, 2.75) is 6.92 Å². The second kappa shape index (κ2) is 6.85. The van der Waals surface area contributed by atoms with Crippen molar-refractivity contribution in [3.05, 3.63) is 65.1 Å². The first-order valence-electron chi connectivity index (χ1n) is 8.76. The molecule has 5 nitrogen and oxygen atoms in total. The normalized spacial score (nSPS) is 23.6. The van der Waals surface area contributed by atoms with E-state index in [0.717, 1.165) is 47.8 Å². The molecule has 1 aliphatic carbocycles. The van der Waals surface area contributed by atoms with Gasteiger partial charge in [-0.3, -0.25) is 0 Å². The number of hydrogen-bond acceptors (Lipinski definition) is 5. The minimum absolute atomic E-state index is 0.515. The van der Waals surface area contributed by atoms with Crippen LogP contribution in [0.2, 0.25) is 0 Å². The van der Waals surface area contributed by atoms with E-state index in [1.54, 1.807) is 0 Å². The highest BCUT2D eigenvalue weighted by atomic mass is 79.9. The number of aliphatic imine (C=N–C) groups is 1. The van der Waals surface area contributed by atoms with Crippen molar-refractivity contribution in [2.75, 3.05) is 36.4 Å². The van der Waals surface area contributed by atoms with Crippen molar-refractivity contribution < 1.29 is 0 Å². The molecule has 1 aromatic heterocycles. The molecule has 3 heterocycles. The lowest BCUT2D eigenvalue weighted by Crippen LogP contribution is -2.71. The van der Waals surface area contributed by atoms with E-state index in [9.17, 15) is 0 Å². The van der Waals surface area contributed by atoms with Gasteiger partial charge in [0.1, 0.15) is 11.6 Å². The predicted octanol–water partition coefficient (Wildman–Crippen LogP) is 3.61. The molecule has 4 rings (SSSR count). The SMILES string of the molecule is C=C(/N=C1/C(Br)=CC=C/C1=C/C)Nc1ccc(N2CC3(CNC3)C2)cn1. The molecule has 1 spiro atoms. The van der Waals surface area contributed by atoms with Crippen molar-refractivity contribution in [3.63, 3.8) is 0 Å². The predicted molar refractivity (Wildman–Crippen MR) is 112 cm³/mol. The van der Waals surface area contributed by atoms with E-state index in [1.807, 2.05) is 43.5 Å². The van der Waals surface area contributed by atoms with Gasteiger partial charge in [0.15, 0.2) is 0 Å². The van der Waals surface area contributed by atoms with Crippen LogP contribution >= 0.6 is 15.9 Å². The molecule has 134 valence electrons. The highest BCUT2D eigenvalue weighted by molar-refractivity contribution is 9.12. The van der Waals surface area contributed by atoms with Gasteiger partial charge in [-0.2, -0.15) is 0 Å². The smallest absolute Gasteiger partial charge is 0.131 e. The molecule has 2 saturated heterocycles. The number of hydrogen-bond donors (Lipinski definition) is 2. The van der Waals surface area contributed by atoms with Crippen LogP contribution in [0, 0.1) is 5.41 Å². The first-order valence-corrected chi connectivity index (χ1v) is 9.55. The zero-order valence-corrected chi connectivity index (χ0v) is 16.4. The van der Waals surface area contributed by atoms with Gasteiger partial charge in [-0.05, 0) is 46.6 Å². The summed E-state index contributed by atoms with van der Waals surface area (Å²) >= 11 is 3.55. The molecule has 0 bridgehead atoms. The average molecular weight is 412 g/mol. The Morgan fingerprint density at radius 1 is 1.42 bits per heavy atom. The molecule has 2 aliphatic heterocycles. The zero-order valence-electron chi connectivity index (χ0n) is 14.8. The Hall–Kier alpha value is -2.18. The maximum Gasteiger partial charge on any atom is 0.131 e. The Kier molecular flexibility index (Phi) is 4.54. The monoisotopic (exact) mass is 411 g/mol. The second-order valence-corrected chi connectivity index (χ2v) is 7.87. The molecule has 0 aromatic carbocycles. The summed E-state index contributed by atoms with van der Waals surface area (Å²) in [5.41, 5.74) is 3.61. The van der Waals surface area contributed by atoms with Gasteiger partial charge in [0.05, 0.1) is 17.6 Å². The van der Waals surface area contributed by atoms with Crippen LogP contribution in [-0.4, -0.2) is 36.9 Å². The maximum atomic E-state index is 4.61. The van der Waals surface area contributed by atoms with Crippen LogP contribution in [0.3, 0.4) is 0 Å². The van der Waals surface area contributed by atoms with E-state index in [-0.39, 0.29) is 0 Å². The standard InChI is InChI=1S/C20H22BrN5/c1-3-15-5-4-6-17(21)19(15)25-14(2)24-18-8-7-16(9-23-18)26-12-20(13-26)10-22-11-20/h3-9,22H,2,10-13H2,1H3,(H,23,24)/b15-3-,25-19+. The molecule has 0 unspecified atom stereocenters. The zero-order chi connectivity index (χ0) is 18.1. The molecule has 3 aliphatic rings. The van der Waals surface area contributed by atoms with E-state index < -0.39 is 0 Å². The number of anilines is 2. The van der Waals surface area contributed by atoms with Gasteiger partial charge < -0.3 is 15.5 Å². The van der Waals surface area contributed by atoms with Crippen molar-refractivity contribution in [3.8, 4) is 0 Å². The largest absolute Gasteiger partial charge is 0.369 e. The minimum Gasteiger partial charge on any atom is -0.369 e. The summed E-state index contributed by atoms with van der Waals surface area (Å²) in [5, 5.41) is 6.53. The van der Waals surface area contributed by atoms with Crippen LogP contribution in [0.15, 0.2) is 70.1 Å². The van der Waals surface area contributed by atoms with Crippen LogP contribution in [0.1, 0.15) is 6.92 Å². The van der Waals surface area contributed by atoms with Crippen LogP contribution in [0.4, 0.5) is 11.5 Å². The van der Waals surface area contributed by atoms with Gasteiger partial charge >= 0.3 is 0 Å². The molecule has 0 amide bonds. The number of halogens is 1. The lowest BCUT2D eigenvalue weighted by molar-refractivity contribution is 0.121. The Morgan fingerprint density at radius 2 is 2.23 bits per heavy atom. The number of pyridine rings is 1. The van der Waals surface area contributed by atoms with Gasteiger partial charge in [0.25, 0.3) is 0 Å². The van der Waals surface area contributed by atoms with Crippen molar-refractivity contribution >= 4 is 33.1 Å². The Bertz CT molecular complexity index is 835. The van der Waals surface area contributed by atoms with E-state index >= 15 is 0 Å². The molecular formula is C20H22BrN5. The fourth-order valence-corrected chi connectivity index (χ4v) is 3.96. The van der Waals surface area contributed by atoms with Gasteiger partial charge in [0, 0.05) is 36.1 Å². The molecule has 0 radical (unpaired) electrons. The van der Waals surface area contributed by atoms with Crippen LogP contribution in [0.25, 0.3) is 0 Å². The fourth-order valence-electron chi connectivity index (χ4n) is 3.49. The third kappa shape index (κ3) is 3.27. The fraction of sp³-hybridized carbons (Fsp3) is 0.300. The summed E-state index contributed by atoms with van der Waals surface area (Å²) in [7, 11) is 0. The van der Waals surface area contributed by atoms with E-state index in [4.69, 9.17) is 0 Å².